The third-order valence-corrected chi connectivity index (χ3v) is 4.94. The minimum absolute atomic E-state index is 0.0828. The molecule has 0 radical (unpaired) electrons. The van der Waals surface area contributed by atoms with E-state index in [1.807, 2.05) is 11.7 Å². The monoisotopic (exact) mass is 254 g/mol. The van der Waals surface area contributed by atoms with Crippen LogP contribution in [0.1, 0.15) is 38.0 Å². The summed E-state index contributed by atoms with van der Waals surface area (Å²) < 4.78 is 0. The maximum atomic E-state index is 10.5. The van der Waals surface area contributed by atoms with E-state index in [0.717, 1.165) is 25.9 Å². The smallest absolute Gasteiger partial charge is 0.0794 e. The van der Waals surface area contributed by atoms with Gasteiger partial charge < -0.3 is 5.11 Å². The molecule has 2 unspecified atom stereocenters. The largest absolute Gasteiger partial charge is 0.391 e. The molecule has 0 aromatic carbocycles. The first-order valence-corrected chi connectivity index (χ1v) is 7.35. The zero-order valence-corrected chi connectivity index (χ0v) is 11.5. The van der Waals surface area contributed by atoms with E-state index < -0.39 is 0 Å². The standard InChI is InChI=1S/C13H22N2OS/c1-3-13(2,15-6-4-5-7-15)12(16)8-11-9-14-10-17-11/h9-10,12,16H,3-8H2,1-2H3. The lowest BCUT2D eigenvalue weighted by molar-refractivity contribution is -0.0113. The van der Waals surface area contributed by atoms with Crippen molar-refractivity contribution in [2.24, 2.45) is 0 Å². The summed E-state index contributed by atoms with van der Waals surface area (Å²) in [6.45, 7) is 6.63. The Morgan fingerprint density at radius 3 is 2.76 bits per heavy atom. The van der Waals surface area contributed by atoms with E-state index in [-0.39, 0.29) is 11.6 Å². The summed E-state index contributed by atoms with van der Waals surface area (Å²) in [4.78, 5) is 7.71. The van der Waals surface area contributed by atoms with Gasteiger partial charge in [0.25, 0.3) is 0 Å². The second-order valence-corrected chi connectivity index (χ2v) is 6.06. The number of aromatic nitrogens is 1. The average molecular weight is 254 g/mol. The van der Waals surface area contributed by atoms with Crippen molar-refractivity contribution in [1.82, 2.24) is 9.88 Å². The molecule has 2 atom stereocenters. The van der Waals surface area contributed by atoms with Gasteiger partial charge in [-0.1, -0.05) is 6.92 Å². The van der Waals surface area contributed by atoms with E-state index in [9.17, 15) is 5.11 Å². The lowest BCUT2D eigenvalue weighted by Crippen LogP contribution is -2.53. The van der Waals surface area contributed by atoms with Crippen molar-refractivity contribution in [1.29, 1.82) is 0 Å². The van der Waals surface area contributed by atoms with Gasteiger partial charge in [0.05, 0.1) is 11.6 Å². The fourth-order valence-corrected chi connectivity index (χ4v) is 3.28. The van der Waals surface area contributed by atoms with Crippen molar-refractivity contribution in [2.45, 2.75) is 51.2 Å². The van der Waals surface area contributed by atoms with Crippen molar-refractivity contribution >= 4 is 11.3 Å². The number of aliphatic hydroxyl groups is 1. The average Bonchev–Trinajstić information content (AvgIpc) is 3.00. The molecule has 0 aliphatic carbocycles. The Kier molecular flexibility index (Phi) is 4.17. The molecular formula is C13H22N2OS. The van der Waals surface area contributed by atoms with Crippen LogP contribution in [0.25, 0.3) is 0 Å². The number of nitrogens with zero attached hydrogens (tertiary/aromatic N) is 2. The van der Waals surface area contributed by atoms with E-state index in [2.05, 4.69) is 23.7 Å². The Labute approximate surface area is 107 Å². The molecule has 17 heavy (non-hydrogen) atoms. The van der Waals surface area contributed by atoms with E-state index in [4.69, 9.17) is 0 Å². The molecule has 0 amide bonds. The van der Waals surface area contributed by atoms with Crippen LogP contribution < -0.4 is 0 Å². The minimum Gasteiger partial charge on any atom is -0.391 e. The normalized spacial score (nSPS) is 22.5. The highest BCUT2D eigenvalue weighted by Gasteiger charge is 2.38. The predicted octanol–water partition coefficient (Wildman–Crippen LogP) is 2.31. The maximum Gasteiger partial charge on any atom is 0.0794 e. The van der Waals surface area contributed by atoms with Crippen LogP contribution in [0.4, 0.5) is 0 Å². The van der Waals surface area contributed by atoms with Crippen LogP contribution in [0.15, 0.2) is 11.7 Å². The van der Waals surface area contributed by atoms with Gasteiger partial charge in [0.15, 0.2) is 0 Å². The van der Waals surface area contributed by atoms with Crippen LogP contribution in [0.2, 0.25) is 0 Å². The molecule has 3 nitrogen and oxygen atoms in total. The van der Waals surface area contributed by atoms with Gasteiger partial charge in [-0.15, -0.1) is 11.3 Å². The number of aliphatic hydroxyl groups excluding tert-OH is 1. The van der Waals surface area contributed by atoms with Crippen LogP contribution in [0.3, 0.4) is 0 Å². The molecule has 1 N–H and O–H groups in total. The van der Waals surface area contributed by atoms with Crippen molar-refractivity contribution in [3.63, 3.8) is 0 Å². The fourth-order valence-electron chi connectivity index (χ4n) is 2.65. The van der Waals surface area contributed by atoms with E-state index in [0.29, 0.717) is 0 Å². The molecule has 1 aliphatic heterocycles. The van der Waals surface area contributed by atoms with Gasteiger partial charge in [-0.05, 0) is 39.3 Å². The highest BCUT2D eigenvalue weighted by Crippen LogP contribution is 2.30. The Hall–Kier alpha value is -0.450. The van der Waals surface area contributed by atoms with Crippen LogP contribution in [0, 0.1) is 0 Å². The quantitative estimate of drug-likeness (QED) is 0.876. The Morgan fingerprint density at radius 1 is 1.53 bits per heavy atom. The first-order valence-electron chi connectivity index (χ1n) is 6.47. The number of hydrogen-bond donors (Lipinski definition) is 1. The fraction of sp³-hybridized carbons (Fsp3) is 0.769. The van der Waals surface area contributed by atoms with Crippen LogP contribution >= 0.6 is 11.3 Å². The number of rotatable bonds is 5. The molecule has 1 aliphatic rings. The second kappa shape index (κ2) is 5.46. The summed E-state index contributed by atoms with van der Waals surface area (Å²) in [6.07, 6.45) is 5.82. The maximum absolute atomic E-state index is 10.5. The Bertz CT molecular complexity index is 335. The molecule has 0 saturated carbocycles. The molecule has 1 aromatic heterocycles. The summed E-state index contributed by atoms with van der Waals surface area (Å²) >= 11 is 1.63. The Balaban J connectivity index is 2.05. The van der Waals surface area contributed by atoms with E-state index >= 15 is 0 Å². The number of thiazole rings is 1. The summed E-state index contributed by atoms with van der Waals surface area (Å²) in [5, 5.41) is 10.5. The van der Waals surface area contributed by atoms with Gasteiger partial charge >= 0.3 is 0 Å². The highest BCUT2D eigenvalue weighted by molar-refractivity contribution is 7.09. The summed E-state index contributed by atoms with van der Waals surface area (Å²) in [5.74, 6) is 0. The van der Waals surface area contributed by atoms with Gasteiger partial charge in [0.2, 0.25) is 0 Å². The van der Waals surface area contributed by atoms with Gasteiger partial charge in [-0.25, -0.2) is 0 Å². The molecule has 1 aromatic rings. The van der Waals surface area contributed by atoms with Gasteiger partial charge in [0.1, 0.15) is 0 Å². The number of hydrogen-bond acceptors (Lipinski definition) is 4. The molecule has 0 bridgehead atoms. The zero-order chi connectivity index (χ0) is 12.3. The SMILES string of the molecule is CCC(C)(C(O)Cc1cncs1)N1CCCC1. The van der Waals surface area contributed by atoms with Crippen LogP contribution in [-0.4, -0.2) is 39.7 Å². The molecule has 1 saturated heterocycles. The zero-order valence-electron chi connectivity index (χ0n) is 10.7. The van der Waals surface area contributed by atoms with Gasteiger partial charge in [-0.3, -0.25) is 9.88 Å². The van der Waals surface area contributed by atoms with Gasteiger partial charge in [-0.2, -0.15) is 0 Å². The first-order chi connectivity index (χ1) is 8.16. The first kappa shape index (κ1) is 13.0. The van der Waals surface area contributed by atoms with Crippen molar-refractivity contribution in [3.05, 3.63) is 16.6 Å². The lowest BCUT2D eigenvalue weighted by Gasteiger charge is -2.42. The van der Waals surface area contributed by atoms with Crippen molar-refractivity contribution < 1.29 is 5.11 Å². The summed E-state index contributed by atoms with van der Waals surface area (Å²) in [7, 11) is 0. The molecule has 1 fully saturated rings. The van der Waals surface area contributed by atoms with Crippen molar-refractivity contribution in [3.8, 4) is 0 Å². The number of likely N-dealkylation sites (tertiary alicyclic amines) is 1. The predicted molar refractivity (Wildman–Crippen MR) is 71.3 cm³/mol. The van der Waals surface area contributed by atoms with E-state index in [1.54, 1.807) is 11.3 Å². The molecule has 2 heterocycles. The lowest BCUT2D eigenvalue weighted by atomic mass is 9.87. The van der Waals surface area contributed by atoms with Crippen LogP contribution in [-0.2, 0) is 6.42 Å². The molecule has 96 valence electrons. The Morgan fingerprint density at radius 2 is 2.24 bits per heavy atom. The molecule has 0 spiro atoms. The van der Waals surface area contributed by atoms with Crippen LogP contribution in [0.5, 0.6) is 0 Å². The molecule has 2 rings (SSSR count). The topological polar surface area (TPSA) is 36.4 Å². The van der Waals surface area contributed by atoms with E-state index in [1.165, 1.54) is 17.7 Å². The van der Waals surface area contributed by atoms with Crippen molar-refractivity contribution in [2.75, 3.05) is 13.1 Å². The summed E-state index contributed by atoms with van der Waals surface area (Å²) in [6, 6.07) is 0. The summed E-state index contributed by atoms with van der Waals surface area (Å²) in [5.41, 5.74) is 1.75. The highest BCUT2D eigenvalue weighted by atomic mass is 32.1. The van der Waals surface area contributed by atoms with Gasteiger partial charge in [0, 0.05) is 23.0 Å². The minimum atomic E-state index is -0.300. The molecule has 4 heteroatoms. The third kappa shape index (κ3) is 2.69. The second-order valence-electron chi connectivity index (χ2n) is 5.09. The molecular weight excluding hydrogens is 232 g/mol. The third-order valence-electron chi connectivity index (χ3n) is 4.14.